The second-order valence-electron chi connectivity index (χ2n) is 6.60. The van der Waals surface area contributed by atoms with Gasteiger partial charge < -0.3 is 0 Å². The van der Waals surface area contributed by atoms with Gasteiger partial charge in [-0.05, 0) is 35.4 Å². The summed E-state index contributed by atoms with van der Waals surface area (Å²) >= 11 is 6.00. The van der Waals surface area contributed by atoms with Crippen LogP contribution >= 0.6 is 11.6 Å². The smallest absolute Gasteiger partial charge is 0.285 e. The van der Waals surface area contributed by atoms with Gasteiger partial charge >= 0.3 is 6.03 Å². The minimum atomic E-state index is -4.12. The fourth-order valence-corrected chi connectivity index (χ4v) is 5.08. The van der Waals surface area contributed by atoms with Gasteiger partial charge in [0, 0.05) is 12.1 Å². The van der Waals surface area contributed by atoms with Crippen molar-refractivity contribution in [2.24, 2.45) is 7.05 Å². The Labute approximate surface area is 172 Å². The number of aryl methyl sites for hydroxylation is 1. The van der Waals surface area contributed by atoms with Crippen molar-refractivity contribution >= 4 is 33.3 Å². The molecule has 29 heavy (non-hydrogen) atoms. The zero-order chi connectivity index (χ0) is 20.8. The van der Waals surface area contributed by atoms with Crippen molar-refractivity contribution < 1.29 is 17.6 Å². The van der Waals surface area contributed by atoms with E-state index in [0.29, 0.717) is 16.1 Å². The van der Waals surface area contributed by atoms with Gasteiger partial charge in [0.1, 0.15) is 11.5 Å². The van der Waals surface area contributed by atoms with Gasteiger partial charge in [-0.25, -0.2) is 13.5 Å². The molecule has 2 aromatic carbocycles. The van der Waals surface area contributed by atoms with Crippen molar-refractivity contribution in [2.45, 2.75) is 18.1 Å². The molecule has 0 saturated heterocycles. The van der Waals surface area contributed by atoms with E-state index in [1.807, 2.05) is 0 Å². The lowest BCUT2D eigenvalue weighted by molar-refractivity contribution is 0.225. The Balaban J connectivity index is 1.77. The van der Waals surface area contributed by atoms with E-state index in [0.717, 1.165) is 4.31 Å². The number of carbonyl (C=O) groups excluding carboxylic acids is 1. The molecule has 0 radical (unpaired) electrons. The largest absolute Gasteiger partial charge is 0.339 e. The maximum absolute atomic E-state index is 13.2. The number of sulfonamides is 1. The summed E-state index contributed by atoms with van der Waals surface area (Å²) in [7, 11) is -2.62. The van der Waals surface area contributed by atoms with E-state index in [9.17, 15) is 17.6 Å². The summed E-state index contributed by atoms with van der Waals surface area (Å²) in [6.45, 7) is -0.106. The van der Waals surface area contributed by atoms with Gasteiger partial charge in [-0.15, -0.1) is 0 Å². The molecule has 0 spiro atoms. The minimum absolute atomic E-state index is 0.0688. The first-order chi connectivity index (χ1) is 13.8. The first kappa shape index (κ1) is 19.4. The van der Waals surface area contributed by atoms with Crippen LogP contribution in [0.4, 0.5) is 14.9 Å². The minimum Gasteiger partial charge on any atom is -0.285 e. The summed E-state index contributed by atoms with van der Waals surface area (Å²) < 4.78 is 41.6. The molecule has 0 N–H and O–H groups in total. The van der Waals surface area contributed by atoms with Crippen LogP contribution in [-0.2, 0) is 30.2 Å². The Morgan fingerprint density at radius 3 is 2.48 bits per heavy atom. The lowest BCUT2D eigenvalue weighted by Gasteiger charge is -2.34. The molecule has 0 saturated carbocycles. The van der Waals surface area contributed by atoms with Crippen LogP contribution in [0.25, 0.3) is 0 Å². The molecule has 0 bridgehead atoms. The number of benzene rings is 2. The molecule has 150 valence electrons. The van der Waals surface area contributed by atoms with Gasteiger partial charge in [-0.1, -0.05) is 35.9 Å². The number of urea groups is 1. The van der Waals surface area contributed by atoms with Crippen LogP contribution in [0.3, 0.4) is 0 Å². The number of amides is 2. The Morgan fingerprint density at radius 2 is 1.79 bits per heavy atom. The average Bonchev–Trinajstić information content (AvgIpc) is 3.06. The molecule has 2 amide bonds. The number of fused-ring (bicyclic) bond motifs is 1. The summed E-state index contributed by atoms with van der Waals surface area (Å²) in [6, 6.07) is 11.6. The second kappa shape index (κ2) is 7.16. The Hall–Kier alpha value is -2.91. The molecule has 1 aliphatic rings. The molecule has 7 nitrogen and oxygen atoms in total. The highest BCUT2D eigenvalue weighted by atomic mass is 35.5. The first-order valence-electron chi connectivity index (χ1n) is 8.62. The van der Waals surface area contributed by atoms with E-state index in [1.165, 1.54) is 35.0 Å². The van der Waals surface area contributed by atoms with Gasteiger partial charge in [0.25, 0.3) is 10.0 Å². The molecule has 1 aliphatic heterocycles. The van der Waals surface area contributed by atoms with E-state index in [-0.39, 0.29) is 23.8 Å². The van der Waals surface area contributed by atoms with E-state index < -0.39 is 21.9 Å². The predicted octanol–water partition coefficient (Wildman–Crippen LogP) is 3.54. The Morgan fingerprint density at radius 1 is 1.07 bits per heavy atom. The number of hydrogen-bond acceptors (Lipinski definition) is 4. The maximum Gasteiger partial charge on any atom is 0.339 e. The number of anilines is 1. The topological polar surface area (TPSA) is 75.5 Å². The van der Waals surface area contributed by atoms with Crippen LogP contribution in [0.2, 0.25) is 5.02 Å². The van der Waals surface area contributed by atoms with Crippen molar-refractivity contribution in [3.8, 4) is 0 Å². The van der Waals surface area contributed by atoms with Crippen molar-refractivity contribution in [1.29, 1.82) is 0 Å². The van der Waals surface area contributed by atoms with E-state index >= 15 is 0 Å². The zero-order valence-electron chi connectivity index (χ0n) is 15.3. The molecule has 1 aromatic heterocycles. The Bertz CT molecular complexity index is 1190. The number of hydrogen-bond donors (Lipinski definition) is 0. The number of aromatic nitrogens is 2. The quantitative estimate of drug-likeness (QED) is 0.629. The molecular weight excluding hydrogens is 419 g/mol. The normalized spacial score (nSPS) is 15.5. The number of halogens is 2. The fourth-order valence-electron chi connectivity index (χ4n) is 3.22. The van der Waals surface area contributed by atoms with E-state index in [2.05, 4.69) is 5.10 Å². The summed E-state index contributed by atoms with van der Waals surface area (Å²) in [5, 5.41) is 4.38. The molecular formula is C19H16ClFN4O3S. The molecule has 0 fully saturated rings. The van der Waals surface area contributed by atoms with Crippen molar-refractivity contribution in [1.82, 2.24) is 14.1 Å². The highest BCUT2D eigenvalue weighted by Gasteiger charge is 2.44. The molecule has 0 unspecified atom stereocenters. The monoisotopic (exact) mass is 434 g/mol. The maximum atomic E-state index is 13.2. The summed E-state index contributed by atoms with van der Waals surface area (Å²) in [5.74, 6) is -0.397. The van der Waals surface area contributed by atoms with Gasteiger partial charge in [-0.3, -0.25) is 9.58 Å². The van der Waals surface area contributed by atoms with Crippen LogP contribution in [0.5, 0.6) is 0 Å². The molecule has 3 aromatic rings. The molecule has 0 atom stereocenters. The highest BCUT2D eigenvalue weighted by Crippen LogP contribution is 2.36. The van der Waals surface area contributed by atoms with Crippen LogP contribution in [0, 0.1) is 5.82 Å². The SMILES string of the molecule is Cn1ncc2c1S(=O)(=O)N(Cc1cccc(Cl)c1)C(=O)N2Cc1ccc(F)cc1. The van der Waals surface area contributed by atoms with Crippen LogP contribution in [0.1, 0.15) is 11.1 Å². The predicted molar refractivity (Wildman–Crippen MR) is 105 cm³/mol. The summed E-state index contributed by atoms with van der Waals surface area (Å²) in [5.41, 5.74) is 1.41. The van der Waals surface area contributed by atoms with Crippen LogP contribution in [-0.4, -0.2) is 28.5 Å². The molecule has 10 heteroatoms. The van der Waals surface area contributed by atoms with Gasteiger partial charge in [0.2, 0.25) is 0 Å². The molecule has 4 rings (SSSR count). The lowest BCUT2D eigenvalue weighted by atomic mass is 10.2. The third-order valence-corrected chi connectivity index (χ3v) is 6.67. The van der Waals surface area contributed by atoms with Crippen molar-refractivity contribution in [3.05, 3.63) is 76.7 Å². The third kappa shape index (κ3) is 3.47. The molecule has 0 aliphatic carbocycles. The zero-order valence-corrected chi connectivity index (χ0v) is 16.9. The first-order valence-corrected chi connectivity index (χ1v) is 10.4. The highest BCUT2D eigenvalue weighted by molar-refractivity contribution is 7.89. The van der Waals surface area contributed by atoms with Gasteiger partial charge in [0.15, 0.2) is 5.03 Å². The fraction of sp³-hybridized carbons (Fsp3) is 0.158. The third-order valence-electron chi connectivity index (χ3n) is 4.60. The molecule has 2 heterocycles. The summed E-state index contributed by atoms with van der Waals surface area (Å²) in [6.07, 6.45) is 1.34. The standard InChI is InChI=1S/C19H16ClFN4O3S/c1-23-18-17(10-22-23)24(11-13-5-7-16(21)8-6-13)19(26)25(29(18,27)28)12-14-3-2-4-15(20)9-14/h2-10H,11-12H2,1H3. The van der Waals surface area contributed by atoms with E-state index in [1.54, 1.807) is 36.4 Å². The second-order valence-corrected chi connectivity index (χ2v) is 8.81. The van der Waals surface area contributed by atoms with Gasteiger partial charge in [-0.2, -0.15) is 13.5 Å². The number of nitrogens with zero attached hydrogens (tertiary/aromatic N) is 4. The van der Waals surface area contributed by atoms with Crippen LogP contribution in [0.15, 0.2) is 59.8 Å². The average molecular weight is 435 g/mol. The number of rotatable bonds is 4. The van der Waals surface area contributed by atoms with Gasteiger partial charge in [0.05, 0.1) is 19.3 Å². The van der Waals surface area contributed by atoms with Crippen molar-refractivity contribution in [2.75, 3.05) is 4.90 Å². The lowest BCUT2D eigenvalue weighted by Crippen LogP contribution is -2.50. The summed E-state index contributed by atoms with van der Waals surface area (Å²) in [4.78, 5) is 14.5. The Kier molecular flexibility index (Phi) is 4.79. The van der Waals surface area contributed by atoms with Crippen molar-refractivity contribution in [3.63, 3.8) is 0 Å². The number of carbonyl (C=O) groups is 1. The van der Waals surface area contributed by atoms with E-state index in [4.69, 9.17) is 11.6 Å². The van der Waals surface area contributed by atoms with Crippen LogP contribution < -0.4 is 4.90 Å².